The monoisotopic (exact) mass is 259 g/mol. The molecule has 0 heterocycles. The lowest BCUT2D eigenvalue weighted by molar-refractivity contribution is 0.246. The van der Waals surface area contributed by atoms with Crippen LogP contribution in [-0.2, 0) is 6.42 Å². The molecule has 106 valence electrons. The molecular formula is C18H29N. The summed E-state index contributed by atoms with van der Waals surface area (Å²) in [6.07, 6.45) is 5.22. The van der Waals surface area contributed by atoms with Crippen LogP contribution in [0.15, 0.2) is 24.3 Å². The lowest BCUT2D eigenvalue weighted by atomic mass is 9.69. The number of hydrogen-bond acceptors (Lipinski definition) is 1. The summed E-state index contributed by atoms with van der Waals surface area (Å²) in [6.45, 7) is 9.20. The Bertz CT molecular complexity index is 383. The molecule has 1 saturated carbocycles. The molecule has 1 N–H and O–H groups in total. The average molecular weight is 259 g/mol. The van der Waals surface area contributed by atoms with Gasteiger partial charge in [-0.3, -0.25) is 0 Å². The molecule has 0 aliphatic heterocycles. The fourth-order valence-electron chi connectivity index (χ4n) is 3.14. The van der Waals surface area contributed by atoms with E-state index in [1.54, 1.807) is 5.56 Å². The highest BCUT2D eigenvalue weighted by Crippen LogP contribution is 2.42. The summed E-state index contributed by atoms with van der Waals surface area (Å²) < 4.78 is 0. The molecule has 0 saturated heterocycles. The summed E-state index contributed by atoms with van der Waals surface area (Å²) >= 11 is 0. The van der Waals surface area contributed by atoms with Crippen LogP contribution in [0.2, 0.25) is 0 Å². The van der Waals surface area contributed by atoms with Crippen LogP contribution in [0.3, 0.4) is 0 Å². The van der Waals surface area contributed by atoms with Gasteiger partial charge in [-0.05, 0) is 67.7 Å². The Morgan fingerprint density at radius 2 is 2.11 bits per heavy atom. The standard InChI is InChI=1S/C18H29N/c1-4-10-19-13-17-8-9-18(17)16-7-5-6-15(12-16)11-14(2)3/h5-7,12,14,17-19H,4,8-11,13H2,1-3H3. The minimum absolute atomic E-state index is 0.749. The van der Waals surface area contributed by atoms with Crippen molar-refractivity contribution in [3.8, 4) is 0 Å². The molecule has 0 radical (unpaired) electrons. The quantitative estimate of drug-likeness (QED) is 0.717. The minimum Gasteiger partial charge on any atom is -0.316 e. The zero-order chi connectivity index (χ0) is 13.7. The smallest absolute Gasteiger partial charge is 0.00147 e. The molecule has 0 amide bonds. The van der Waals surface area contributed by atoms with Crippen LogP contribution in [0.5, 0.6) is 0 Å². The van der Waals surface area contributed by atoms with Gasteiger partial charge in [0.2, 0.25) is 0 Å². The van der Waals surface area contributed by atoms with Crippen LogP contribution in [-0.4, -0.2) is 13.1 Å². The minimum atomic E-state index is 0.749. The molecular weight excluding hydrogens is 230 g/mol. The van der Waals surface area contributed by atoms with E-state index in [0.29, 0.717) is 0 Å². The molecule has 2 atom stereocenters. The molecule has 0 aromatic heterocycles. The molecule has 1 aliphatic carbocycles. The summed E-state index contributed by atoms with van der Waals surface area (Å²) in [7, 11) is 0. The van der Waals surface area contributed by atoms with Crippen LogP contribution in [0.4, 0.5) is 0 Å². The topological polar surface area (TPSA) is 12.0 Å². The van der Waals surface area contributed by atoms with Crippen molar-refractivity contribution in [3.05, 3.63) is 35.4 Å². The summed E-state index contributed by atoms with van der Waals surface area (Å²) in [4.78, 5) is 0. The van der Waals surface area contributed by atoms with Crippen molar-refractivity contribution in [3.63, 3.8) is 0 Å². The third kappa shape index (κ3) is 4.07. The fourth-order valence-corrected chi connectivity index (χ4v) is 3.14. The first-order chi connectivity index (χ1) is 9.20. The average Bonchev–Trinajstić information content (AvgIpc) is 2.33. The Hall–Kier alpha value is -0.820. The first kappa shape index (κ1) is 14.6. The van der Waals surface area contributed by atoms with E-state index in [9.17, 15) is 0 Å². The van der Waals surface area contributed by atoms with Gasteiger partial charge in [0.1, 0.15) is 0 Å². The maximum Gasteiger partial charge on any atom is -0.00147 e. The highest BCUT2D eigenvalue weighted by molar-refractivity contribution is 5.29. The molecule has 2 rings (SSSR count). The summed E-state index contributed by atoms with van der Waals surface area (Å²) in [5, 5.41) is 3.58. The predicted octanol–water partition coefficient (Wildman–Crippen LogP) is 4.38. The van der Waals surface area contributed by atoms with Gasteiger partial charge in [0, 0.05) is 0 Å². The fraction of sp³-hybridized carbons (Fsp3) is 0.667. The van der Waals surface area contributed by atoms with Crippen LogP contribution in [0.1, 0.15) is 57.1 Å². The number of nitrogens with one attached hydrogen (secondary N) is 1. The Labute approximate surface area is 118 Å². The van der Waals surface area contributed by atoms with Gasteiger partial charge in [-0.25, -0.2) is 0 Å². The second-order valence-electron chi connectivity index (χ2n) is 6.49. The molecule has 1 aromatic rings. The summed E-state index contributed by atoms with van der Waals surface area (Å²) in [5.74, 6) is 2.41. The van der Waals surface area contributed by atoms with Crippen molar-refractivity contribution in [2.45, 2.75) is 52.4 Å². The third-order valence-corrected chi connectivity index (χ3v) is 4.27. The highest BCUT2D eigenvalue weighted by Gasteiger charge is 2.31. The van der Waals surface area contributed by atoms with Crippen molar-refractivity contribution >= 4 is 0 Å². The van der Waals surface area contributed by atoms with Gasteiger partial charge >= 0.3 is 0 Å². The molecule has 0 spiro atoms. The van der Waals surface area contributed by atoms with E-state index in [0.717, 1.165) is 24.3 Å². The Kier molecular flexibility index (Phi) is 5.45. The van der Waals surface area contributed by atoms with Gasteiger partial charge in [0.05, 0.1) is 0 Å². The Balaban J connectivity index is 1.93. The van der Waals surface area contributed by atoms with E-state index in [4.69, 9.17) is 0 Å². The SMILES string of the molecule is CCCNCC1CCC1c1cccc(CC(C)C)c1. The van der Waals surface area contributed by atoms with E-state index in [-0.39, 0.29) is 0 Å². The van der Waals surface area contributed by atoms with Crippen LogP contribution in [0, 0.1) is 11.8 Å². The number of rotatable bonds is 7. The lowest BCUT2D eigenvalue weighted by Crippen LogP contribution is -2.34. The normalized spacial score (nSPS) is 22.5. The Morgan fingerprint density at radius 1 is 1.26 bits per heavy atom. The predicted molar refractivity (Wildman–Crippen MR) is 83.6 cm³/mol. The van der Waals surface area contributed by atoms with Crippen molar-refractivity contribution in [2.75, 3.05) is 13.1 Å². The maximum absolute atomic E-state index is 3.58. The number of benzene rings is 1. The molecule has 1 aliphatic rings. The van der Waals surface area contributed by atoms with Gasteiger partial charge in [0.15, 0.2) is 0 Å². The lowest BCUT2D eigenvalue weighted by Gasteiger charge is -2.37. The van der Waals surface area contributed by atoms with E-state index >= 15 is 0 Å². The maximum atomic E-state index is 3.58. The third-order valence-electron chi connectivity index (χ3n) is 4.27. The first-order valence-corrected chi connectivity index (χ1v) is 8.00. The van der Waals surface area contributed by atoms with Gasteiger partial charge in [-0.2, -0.15) is 0 Å². The van der Waals surface area contributed by atoms with Crippen molar-refractivity contribution in [1.29, 1.82) is 0 Å². The van der Waals surface area contributed by atoms with E-state index in [2.05, 4.69) is 50.4 Å². The van der Waals surface area contributed by atoms with E-state index < -0.39 is 0 Å². The van der Waals surface area contributed by atoms with Gasteiger partial charge in [-0.1, -0.05) is 45.0 Å². The molecule has 1 heteroatoms. The molecule has 1 nitrogen and oxygen atoms in total. The van der Waals surface area contributed by atoms with Crippen molar-refractivity contribution < 1.29 is 0 Å². The van der Waals surface area contributed by atoms with E-state index in [1.165, 1.54) is 37.8 Å². The van der Waals surface area contributed by atoms with Gasteiger partial charge < -0.3 is 5.32 Å². The molecule has 2 unspecified atom stereocenters. The second-order valence-corrected chi connectivity index (χ2v) is 6.49. The van der Waals surface area contributed by atoms with Gasteiger partial charge in [-0.15, -0.1) is 0 Å². The zero-order valence-electron chi connectivity index (χ0n) is 12.8. The van der Waals surface area contributed by atoms with Crippen molar-refractivity contribution in [2.24, 2.45) is 11.8 Å². The van der Waals surface area contributed by atoms with Crippen molar-refractivity contribution in [1.82, 2.24) is 5.32 Å². The molecule has 1 aromatic carbocycles. The summed E-state index contributed by atoms with van der Waals surface area (Å²) in [6, 6.07) is 9.32. The van der Waals surface area contributed by atoms with Crippen LogP contribution in [0.25, 0.3) is 0 Å². The number of hydrogen-bond donors (Lipinski definition) is 1. The molecule has 19 heavy (non-hydrogen) atoms. The Morgan fingerprint density at radius 3 is 2.74 bits per heavy atom. The van der Waals surface area contributed by atoms with Crippen LogP contribution >= 0.6 is 0 Å². The molecule has 0 bridgehead atoms. The molecule has 1 fully saturated rings. The highest BCUT2D eigenvalue weighted by atomic mass is 14.9. The zero-order valence-corrected chi connectivity index (χ0v) is 12.8. The van der Waals surface area contributed by atoms with Crippen LogP contribution < -0.4 is 5.32 Å². The van der Waals surface area contributed by atoms with E-state index in [1.807, 2.05) is 0 Å². The van der Waals surface area contributed by atoms with Gasteiger partial charge in [0.25, 0.3) is 0 Å². The second kappa shape index (κ2) is 7.09. The first-order valence-electron chi connectivity index (χ1n) is 8.00. The largest absolute Gasteiger partial charge is 0.316 e. The summed E-state index contributed by atoms with van der Waals surface area (Å²) in [5.41, 5.74) is 3.09.